The van der Waals surface area contributed by atoms with Crippen LogP contribution in [0.5, 0.6) is 0 Å². The van der Waals surface area contributed by atoms with Crippen molar-refractivity contribution in [1.82, 2.24) is 0 Å². The van der Waals surface area contributed by atoms with Crippen molar-refractivity contribution in [1.29, 1.82) is 0 Å². The quantitative estimate of drug-likeness (QED) is 0.394. The Morgan fingerprint density at radius 2 is 0.867 bits per heavy atom. The average molecular weight is 407 g/mol. The lowest BCUT2D eigenvalue weighted by molar-refractivity contribution is -0.926. The molecule has 0 N–H and O–H groups in total. The summed E-state index contributed by atoms with van der Waals surface area (Å²) in [6, 6.07) is 17.3. The van der Waals surface area contributed by atoms with E-state index in [1.165, 1.54) is 84.8 Å². The molecule has 0 aliphatic carbocycles. The smallest absolute Gasteiger partial charge is 0.104 e. The van der Waals surface area contributed by atoms with Gasteiger partial charge in [-0.25, -0.2) is 0 Å². The van der Waals surface area contributed by atoms with Crippen LogP contribution in [0.1, 0.15) is 49.7 Å². The van der Waals surface area contributed by atoms with Crippen LogP contribution in [-0.4, -0.2) is 49.2 Å². The molecule has 4 heteroatoms. The van der Waals surface area contributed by atoms with Crippen molar-refractivity contribution >= 4 is 11.4 Å². The third-order valence-corrected chi connectivity index (χ3v) is 7.07. The number of hydrogen-bond acceptors (Lipinski definition) is 2. The molecule has 2 aliphatic heterocycles. The maximum Gasteiger partial charge on any atom is 0.104 e. The van der Waals surface area contributed by atoms with Gasteiger partial charge in [0.05, 0.1) is 51.6 Å². The largest absolute Gasteiger partial charge is 0.322 e. The Morgan fingerprint density at radius 1 is 0.533 bits per heavy atom. The van der Waals surface area contributed by atoms with E-state index in [0.717, 1.165) is 24.5 Å². The second-order valence-electron chi connectivity index (χ2n) is 10.1. The predicted octanol–water partition coefficient (Wildman–Crippen LogP) is 6.36. The van der Waals surface area contributed by atoms with Crippen LogP contribution in [0.3, 0.4) is 0 Å². The van der Waals surface area contributed by atoms with Gasteiger partial charge in [-0.1, -0.05) is 24.3 Å². The minimum Gasteiger partial charge on any atom is -0.322 e. The van der Waals surface area contributed by atoms with Crippen molar-refractivity contribution in [2.75, 3.05) is 40.3 Å². The summed E-state index contributed by atoms with van der Waals surface area (Å²) in [5, 5.41) is 8.91. The summed E-state index contributed by atoms with van der Waals surface area (Å²) < 4.78 is 2.34. The summed E-state index contributed by atoms with van der Waals surface area (Å²) in [4.78, 5) is 0. The Labute approximate surface area is 182 Å². The minimum atomic E-state index is 0.926. The van der Waals surface area contributed by atoms with E-state index in [-0.39, 0.29) is 0 Å². The molecule has 0 aromatic heterocycles. The van der Waals surface area contributed by atoms with Crippen LogP contribution in [0.2, 0.25) is 0 Å². The van der Waals surface area contributed by atoms with Crippen LogP contribution in [0.15, 0.2) is 58.8 Å². The number of rotatable bonds is 6. The van der Waals surface area contributed by atoms with Gasteiger partial charge in [0.25, 0.3) is 0 Å². The summed E-state index contributed by atoms with van der Waals surface area (Å²) in [6.45, 7) is 7.45. The van der Waals surface area contributed by atoms with Gasteiger partial charge in [0, 0.05) is 11.1 Å². The fourth-order valence-electron chi connectivity index (χ4n) is 5.20. The van der Waals surface area contributed by atoms with Crippen LogP contribution in [0.4, 0.5) is 11.4 Å². The summed E-state index contributed by atoms with van der Waals surface area (Å²) in [5.41, 5.74) is 4.65. The van der Waals surface area contributed by atoms with E-state index in [0.29, 0.717) is 0 Å². The van der Waals surface area contributed by atoms with Crippen LogP contribution in [0, 0.1) is 0 Å². The predicted molar refractivity (Wildman–Crippen MR) is 124 cm³/mol. The second kappa shape index (κ2) is 9.40. The fraction of sp³-hybridized carbons (Fsp3) is 0.538. The number of nitrogens with zero attached hydrogens (tertiary/aromatic N) is 4. The first-order valence-corrected chi connectivity index (χ1v) is 11.8. The standard InChI is InChI=1S/C26H38N4/c1-29(17-5-3-6-18-29)21-23-9-13-25(14-10-23)27-28-26-15-11-24(12-16-26)22-30(2)19-7-4-8-20-30/h9-16H,3-8,17-22H2,1-2H3/q+2. The molecule has 0 amide bonds. The summed E-state index contributed by atoms with van der Waals surface area (Å²) in [5.74, 6) is 0. The van der Waals surface area contributed by atoms with Gasteiger partial charge in [-0.2, -0.15) is 10.2 Å². The number of quaternary nitrogens is 2. The number of hydrogen-bond donors (Lipinski definition) is 0. The highest BCUT2D eigenvalue weighted by Crippen LogP contribution is 2.24. The van der Waals surface area contributed by atoms with E-state index in [4.69, 9.17) is 0 Å². The number of piperidine rings is 2. The number of azo groups is 1. The maximum absolute atomic E-state index is 4.46. The molecule has 4 nitrogen and oxygen atoms in total. The van der Waals surface area contributed by atoms with Gasteiger partial charge in [-0.3, -0.25) is 0 Å². The van der Waals surface area contributed by atoms with E-state index < -0.39 is 0 Å². The lowest BCUT2D eigenvalue weighted by Gasteiger charge is -2.37. The summed E-state index contributed by atoms with van der Waals surface area (Å²) in [7, 11) is 4.79. The zero-order chi connectivity index (χ0) is 20.9. The van der Waals surface area contributed by atoms with Gasteiger partial charge < -0.3 is 8.97 Å². The normalized spacial score (nSPS) is 21.0. The van der Waals surface area contributed by atoms with Crippen molar-refractivity contribution in [2.24, 2.45) is 10.2 Å². The highest BCUT2D eigenvalue weighted by atomic mass is 15.3. The molecular formula is C26H38N4+2. The van der Waals surface area contributed by atoms with Gasteiger partial charge in [0.15, 0.2) is 0 Å². The Hall–Kier alpha value is -2.04. The Balaban J connectivity index is 1.33. The highest BCUT2D eigenvalue weighted by molar-refractivity contribution is 5.42. The van der Waals surface area contributed by atoms with Crippen LogP contribution < -0.4 is 0 Å². The lowest BCUT2D eigenvalue weighted by atomic mass is 10.1. The first-order chi connectivity index (χ1) is 14.5. The van der Waals surface area contributed by atoms with E-state index in [9.17, 15) is 0 Å². The molecule has 2 saturated heterocycles. The van der Waals surface area contributed by atoms with E-state index >= 15 is 0 Å². The molecule has 160 valence electrons. The molecule has 0 bridgehead atoms. The van der Waals surface area contributed by atoms with Gasteiger partial charge in [-0.05, 0) is 62.8 Å². The van der Waals surface area contributed by atoms with Crippen molar-refractivity contribution in [3.63, 3.8) is 0 Å². The molecule has 2 aliphatic rings. The zero-order valence-electron chi connectivity index (χ0n) is 18.9. The van der Waals surface area contributed by atoms with Crippen molar-refractivity contribution in [3.8, 4) is 0 Å². The van der Waals surface area contributed by atoms with Gasteiger partial charge in [0.2, 0.25) is 0 Å². The first kappa shape index (κ1) is 21.2. The molecule has 0 atom stereocenters. The molecule has 2 fully saturated rings. The van der Waals surface area contributed by atoms with E-state index in [1.54, 1.807) is 0 Å². The molecule has 4 rings (SSSR count). The van der Waals surface area contributed by atoms with Crippen LogP contribution >= 0.6 is 0 Å². The molecule has 2 aromatic rings. The first-order valence-electron chi connectivity index (χ1n) is 11.8. The average Bonchev–Trinajstić information content (AvgIpc) is 2.75. The number of likely N-dealkylation sites (tertiary alicyclic amines) is 2. The molecule has 0 radical (unpaired) electrons. The molecular weight excluding hydrogens is 368 g/mol. The Morgan fingerprint density at radius 3 is 1.20 bits per heavy atom. The maximum atomic E-state index is 4.46. The van der Waals surface area contributed by atoms with Crippen LogP contribution in [0.25, 0.3) is 0 Å². The van der Waals surface area contributed by atoms with Gasteiger partial charge in [-0.15, -0.1) is 0 Å². The SMILES string of the molecule is C[N+]1(Cc2ccc(N=Nc3ccc(C[N+]4(C)CCCCC4)cc3)cc2)CCCCC1. The van der Waals surface area contributed by atoms with E-state index in [1.807, 2.05) is 0 Å². The second-order valence-corrected chi connectivity index (χ2v) is 10.1. The third kappa shape index (κ3) is 5.77. The van der Waals surface area contributed by atoms with Crippen LogP contribution in [-0.2, 0) is 13.1 Å². The zero-order valence-corrected chi connectivity index (χ0v) is 18.9. The summed E-state index contributed by atoms with van der Waals surface area (Å²) >= 11 is 0. The van der Waals surface area contributed by atoms with Crippen molar-refractivity contribution in [2.45, 2.75) is 51.6 Å². The molecule has 0 spiro atoms. The van der Waals surface area contributed by atoms with E-state index in [2.05, 4.69) is 72.9 Å². The Kier molecular flexibility index (Phi) is 6.64. The van der Waals surface area contributed by atoms with Gasteiger partial charge in [0.1, 0.15) is 13.1 Å². The molecule has 30 heavy (non-hydrogen) atoms. The minimum absolute atomic E-state index is 0.926. The molecule has 2 heterocycles. The fourth-order valence-corrected chi connectivity index (χ4v) is 5.20. The number of benzene rings is 2. The van der Waals surface area contributed by atoms with Gasteiger partial charge >= 0.3 is 0 Å². The molecule has 0 unspecified atom stereocenters. The monoisotopic (exact) mass is 406 g/mol. The topological polar surface area (TPSA) is 24.7 Å². The molecule has 0 saturated carbocycles. The van der Waals surface area contributed by atoms with Crippen molar-refractivity contribution in [3.05, 3.63) is 59.7 Å². The van der Waals surface area contributed by atoms with Crippen molar-refractivity contribution < 1.29 is 8.97 Å². The Bertz CT molecular complexity index is 755. The highest BCUT2D eigenvalue weighted by Gasteiger charge is 2.25. The third-order valence-electron chi connectivity index (χ3n) is 7.07. The lowest BCUT2D eigenvalue weighted by Crippen LogP contribution is -2.46. The summed E-state index contributed by atoms with van der Waals surface area (Å²) in [6.07, 6.45) is 8.23. The molecule has 2 aromatic carbocycles.